The first-order valence-corrected chi connectivity index (χ1v) is 11.4. The van der Waals surface area contributed by atoms with Crippen LogP contribution < -0.4 is 10.6 Å². The van der Waals surface area contributed by atoms with E-state index in [1.807, 2.05) is 6.20 Å². The average molecular weight is 519 g/mol. The first-order valence-electron chi connectivity index (χ1n) is 11.4. The van der Waals surface area contributed by atoms with E-state index in [0.29, 0.717) is 12.0 Å². The zero-order valence-electron chi connectivity index (χ0n) is 19.0. The molecule has 2 N–H and O–H groups in total. The van der Waals surface area contributed by atoms with Crippen molar-refractivity contribution < 1.29 is 0 Å². The topological polar surface area (TPSA) is 57.5 Å². The van der Waals surface area contributed by atoms with E-state index in [2.05, 4.69) is 59.0 Å². The second kappa shape index (κ2) is 15.0. The van der Waals surface area contributed by atoms with Gasteiger partial charge in [-0.2, -0.15) is 0 Å². The molecule has 0 aliphatic carbocycles. The van der Waals surface area contributed by atoms with Crippen molar-refractivity contribution in [3.05, 3.63) is 18.2 Å². The number of halogens is 1. The summed E-state index contributed by atoms with van der Waals surface area (Å²) < 4.78 is 2.22. The maximum absolute atomic E-state index is 4.94. The number of hydrogen-bond acceptors (Lipinski definition) is 3. The molecule has 0 amide bonds. The Bertz CT molecular complexity index is 563. The maximum atomic E-state index is 4.94. The molecule has 1 unspecified atom stereocenters. The number of rotatable bonds is 10. The third-order valence-electron chi connectivity index (χ3n) is 5.70. The maximum Gasteiger partial charge on any atom is 0.191 e. The summed E-state index contributed by atoms with van der Waals surface area (Å²) in [5, 5.41) is 6.93. The molecular formula is C22H43IN6. The molecular weight excluding hydrogens is 475 g/mol. The average Bonchev–Trinajstić information content (AvgIpc) is 2.91. The molecule has 0 bridgehead atoms. The molecule has 29 heavy (non-hydrogen) atoms. The Morgan fingerprint density at radius 3 is 2.45 bits per heavy atom. The van der Waals surface area contributed by atoms with Gasteiger partial charge in [-0.1, -0.05) is 26.7 Å². The highest BCUT2D eigenvalue weighted by Crippen LogP contribution is 2.17. The normalized spacial score (nSPS) is 16.9. The van der Waals surface area contributed by atoms with E-state index in [1.54, 1.807) is 0 Å². The van der Waals surface area contributed by atoms with Gasteiger partial charge in [0.1, 0.15) is 5.82 Å². The van der Waals surface area contributed by atoms with Gasteiger partial charge in [-0.05, 0) is 58.5 Å². The number of hydrogen-bond donors (Lipinski definition) is 2. The Hall–Kier alpha value is -0.830. The number of aryl methyl sites for hydroxylation is 2. The molecule has 2 heterocycles. The van der Waals surface area contributed by atoms with E-state index in [9.17, 15) is 0 Å². The summed E-state index contributed by atoms with van der Waals surface area (Å²) in [6.07, 6.45) is 11.6. The van der Waals surface area contributed by atoms with Gasteiger partial charge in [-0.25, -0.2) is 4.98 Å². The summed E-state index contributed by atoms with van der Waals surface area (Å²) in [4.78, 5) is 11.9. The third kappa shape index (κ3) is 9.68. The molecule has 1 saturated heterocycles. The van der Waals surface area contributed by atoms with Crippen molar-refractivity contribution in [2.45, 2.75) is 78.8 Å². The van der Waals surface area contributed by atoms with Crippen LogP contribution >= 0.6 is 24.0 Å². The number of aromatic nitrogens is 2. The summed E-state index contributed by atoms with van der Waals surface area (Å²) in [6, 6.07) is 0.540. The number of imidazole rings is 1. The molecule has 1 aliphatic heterocycles. The van der Waals surface area contributed by atoms with Crippen molar-refractivity contribution in [1.82, 2.24) is 25.1 Å². The zero-order valence-corrected chi connectivity index (χ0v) is 21.3. The minimum absolute atomic E-state index is 0. The van der Waals surface area contributed by atoms with Crippen LogP contribution in [0.3, 0.4) is 0 Å². The van der Waals surface area contributed by atoms with Gasteiger partial charge in [-0.3, -0.25) is 9.89 Å². The smallest absolute Gasteiger partial charge is 0.191 e. The molecule has 1 aromatic rings. The molecule has 0 aromatic carbocycles. The predicted octanol–water partition coefficient (Wildman–Crippen LogP) is 4.05. The minimum Gasteiger partial charge on any atom is -0.357 e. The summed E-state index contributed by atoms with van der Waals surface area (Å²) in [5.41, 5.74) is 0. The molecule has 2 rings (SSSR count). The molecule has 6 nitrogen and oxygen atoms in total. The van der Waals surface area contributed by atoms with E-state index in [4.69, 9.17) is 4.99 Å². The van der Waals surface area contributed by atoms with Crippen LogP contribution in [-0.2, 0) is 6.54 Å². The SMILES string of the molecule is CCNC(=NCC(C(C)C)N1CCCCCC1)NCCCCn1ccnc1C.I. The highest BCUT2D eigenvalue weighted by Gasteiger charge is 2.22. The zero-order chi connectivity index (χ0) is 20.2. The number of likely N-dealkylation sites (tertiary alicyclic amines) is 1. The lowest BCUT2D eigenvalue weighted by atomic mass is 10.0. The molecule has 1 aromatic heterocycles. The Morgan fingerprint density at radius 1 is 1.14 bits per heavy atom. The van der Waals surface area contributed by atoms with E-state index < -0.39 is 0 Å². The van der Waals surface area contributed by atoms with Crippen molar-refractivity contribution in [2.75, 3.05) is 32.7 Å². The molecule has 1 fully saturated rings. The number of nitrogens with one attached hydrogen (secondary N) is 2. The lowest BCUT2D eigenvalue weighted by Gasteiger charge is -2.32. The van der Waals surface area contributed by atoms with Gasteiger partial charge in [0.2, 0.25) is 0 Å². The molecule has 1 atom stereocenters. The van der Waals surface area contributed by atoms with Gasteiger partial charge in [0.05, 0.1) is 6.54 Å². The van der Waals surface area contributed by atoms with Gasteiger partial charge < -0.3 is 15.2 Å². The van der Waals surface area contributed by atoms with Gasteiger partial charge in [0, 0.05) is 38.1 Å². The second-order valence-corrected chi connectivity index (χ2v) is 8.28. The third-order valence-corrected chi connectivity index (χ3v) is 5.70. The van der Waals surface area contributed by atoms with Gasteiger partial charge in [0.25, 0.3) is 0 Å². The monoisotopic (exact) mass is 518 g/mol. The van der Waals surface area contributed by atoms with E-state index >= 15 is 0 Å². The molecule has 1 aliphatic rings. The molecule has 0 saturated carbocycles. The van der Waals surface area contributed by atoms with Crippen LogP contribution in [0, 0.1) is 12.8 Å². The van der Waals surface area contributed by atoms with Crippen LogP contribution in [0.4, 0.5) is 0 Å². The summed E-state index contributed by atoms with van der Waals surface area (Å²) in [6.45, 7) is 15.1. The van der Waals surface area contributed by atoms with Crippen LogP contribution in [0.15, 0.2) is 17.4 Å². The molecule has 168 valence electrons. The predicted molar refractivity (Wildman–Crippen MR) is 134 cm³/mol. The van der Waals surface area contributed by atoms with Crippen LogP contribution in [0.5, 0.6) is 0 Å². The van der Waals surface area contributed by atoms with Crippen LogP contribution in [0.1, 0.15) is 65.1 Å². The summed E-state index contributed by atoms with van der Waals surface area (Å²) in [5.74, 6) is 2.68. The number of unbranched alkanes of at least 4 members (excludes halogenated alkanes) is 1. The van der Waals surface area contributed by atoms with E-state index in [1.165, 1.54) is 38.8 Å². The number of guanidine groups is 1. The minimum atomic E-state index is 0. The van der Waals surface area contributed by atoms with Crippen LogP contribution in [0.25, 0.3) is 0 Å². The number of aliphatic imine (C=N–C) groups is 1. The Labute approximate surface area is 195 Å². The van der Waals surface area contributed by atoms with Crippen LogP contribution in [-0.4, -0.2) is 59.2 Å². The van der Waals surface area contributed by atoms with E-state index in [0.717, 1.165) is 50.8 Å². The highest BCUT2D eigenvalue weighted by molar-refractivity contribution is 14.0. The van der Waals surface area contributed by atoms with Crippen molar-refractivity contribution >= 4 is 29.9 Å². The first-order chi connectivity index (χ1) is 13.6. The second-order valence-electron chi connectivity index (χ2n) is 8.28. The standard InChI is InChI=1S/C22H42N6.HI/c1-5-23-22(25-12-8-11-14-27-17-13-24-20(27)4)26-18-21(19(2)3)28-15-9-6-7-10-16-28;/h13,17,19,21H,5-12,14-16,18H2,1-4H3,(H2,23,25,26);1H. The fourth-order valence-electron chi connectivity index (χ4n) is 3.96. The molecule has 0 spiro atoms. The van der Waals surface area contributed by atoms with E-state index in [-0.39, 0.29) is 24.0 Å². The summed E-state index contributed by atoms with van der Waals surface area (Å²) >= 11 is 0. The van der Waals surface area contributed by atoms with Crippen LogP contribution in [0.2, 0.25) is 0 Å². The largest absolute Gasteiger partial charge is 0.357 e. The quantitative estimate of drug-likeness (QED) is 0.213. The Morgan fingerprint density at radius 2 is 1.86 bits per heavy atom. The fourth-order valence-corrected chi connectivity index (χ4v) is 3.96. The lowest BCUT2D eigenvalue weighted by Crippen LogP contribution is -2.44. The lowest BCUT2D eigenvalue weighted by molar-refractivity contribution is 0.166. The highest BCUT2D eigenvalue weighted by atomic mass is 127. The first kappa shape index (κ1) is 26.2. The van der Waals surface area contributed by atoms with Crippen molar-refractivity contribution in [1.29, 1.82) is 0 Å². The van der Waals surface area contributed by atoms with Crippen molar-refractivity contribution in [3.8, 4) is 0 Å². The fraction of sp³-hybridized carbons (Fsp3) is 0.818. The molecule has 0 radical (unpaired) electrons. The van der Waals surface area contributed by atoms with Gasteiger partial charge in [-0.15, -0.1) is 24.0 Å². The Balaban J connectivity index is 0.00000420. The van der Waals surface area contributed by atoms with Crippen molar-refractivity contribution in [2.24, 2.45) is 10.9 Å². The van der Waals surface area contributed by atoms with Gasteiger partial charge >= 0.3 is 0 Å². The summed E-state index contributed by atoms with van der Waals surface area (Å²) in [7, 11) is 0. The molecule has 7 heteroatoms. The van der Waals surface area contributed by atoms with Crippen molar-refractivity contribution in [3.63, 3.8) is 0 Å². The van der Waals surface area contributed by atoms with Gasteiger partial charge in [0.15, 0.2) is 5.96 Å². The Kier molecular flexibility index (Phi) is 13.6. The number of nitrogens with zero attached hydrogens (tertiary/aromatic N) is 4.